The molecule has 92 valence electrons. The molecule has 1 aromatic carbocycles. The van der Waals surface area contributed by atoms with E-state index in [2.05, 4.69) is 22.4 Å². The summed E-state index contributed by atoms with van der Waals surface area (Å²) >= 11 is 0. The summed E-state index contributed by atoms with van der Waals surface area (Å²) in [6.07, 6.45) is 1.65. The monoisotopic (exact) mass is 248 g/mol. The van der Waals surface area contributed by atoms with Gasteiger partial charge >= 0.3 is 0 Å². The first kappa shape index (κ1) is 12.6. The minimum absolute atomic E-state index is 0.515. The maximum Gasteiger partial charge on any atom is 0.148 e. The Balaban J connectivity index is 2.46. The lowest BCUT2D eigenvalue weighted by Gasteiger charge is -2.11. The molecular formula is C15H12N4. The third-order valence-corrected chi connectivity index (χ3v) is 2.89. The van der Waals surface area contributed by atoms with Crippen molar-refractivity contribution in [3.8, 4) is 12.1 Å². The van der Waals surface area contributed by atoms with E-state index >= 15 is 0 Å². The van der Waals surface area contributed by atoms with Crippen molar-refractivity contribution in [2.24, 2.45) is 0 Å². The van der Waals surface area contributed by atoms with Crippen LogP contribution in [0.4, 0.5) is 11.5 Å². The number of hydrogen-bond acceptors (Lipinski definition) is 4. The van der Waals surface area contributed by atoms with Crippen LogP contribution in [0.1, 0.15) is 22.3 Å². The molecule has 0 unspecified atom stereocenters. The first-order valence-corrected chi connectivity index (χ1v) is 5.79. The van der Waals surface area contributed by atoms with Gasteiger partial charge in [-0.1, -0.05) is 6.07 Å². The zero-order chi connectivity index (χ0) is 13.8. The Hall–Kier alpha value is -2.85. The second kappa shape index (κ2) is 5.20. The van der Waals surface area contributed by atoms with Gasteiger partial charge in [-0.3, -0.25) is 0 Å². The van der Waals surface area contributed by atoms with E-state index in [0.29, 0.717) is 16.9 Å². The highest BCUT2D eigenvalue weighted by atomic mass is 15.0. The van der Waals surface area contributed by atoms with Crippen molar-refractivity contribution in [3.05, 3.63) is 52.7 Å². The van der Waals surface area contributed by atoms with E-state index in [1.165, 1.54) is 0 Å². The number of nitrogens with zero attached hydrogens (tertiary/aromatic N) is 3. The molecule has 0 saturated carbocycles. The fourth-order valence-corrected chi connectivity index (χ4v) is 1.75. The van der Waals surface area contributed by atoms with Crippen LogP contribution in [-0.4, -0.2) is 4.98 Å². The molecule has 0 amide bonds. The predicted octanol–water partition coefficient (Wildman–Crippen LogP) is 3.19. The van der Waals surface area contributed by atoms with Crippen LogP contribution in [0.25, 0.3) is 0 Å². The predicted molar refractivity (Wildman–Crippen MR) is 72.9 cm³/mol. The number of nitriles is 2. The van der Waals surface area contributed by atoms with Gasteiger partial charge in [0.05, 0.1) is 17.2 Å². The fourth-order valence-electron chi connectivity index (χ4n) is 1.75. The van der Waals surface area contributed by atoms with E-state index in [4.69, 9.17) is 10.5 Å². The molecule has 0 aliphatic heterocycles. The van der Waals surface area contributed by atoms with Crippen molar-refractivity contribution in [1.29, 1.82) is 10.5 Å². The third-order valence-electron chi connectivity index (χ3n) is 2.89. The summed E-state index contributed by atoms with van der Waals surface area (Å²) in [7, 11) is 0. The van der Waals surface area contributed by atoms with Crippen LogP contribution in [0.3, 0.4) is 0 Å². The molecular weight excluding hydrogens is 236 g/mol. The quantitative estimate of drug-likeness (QED) is 0.885. The topological polar surface area (TPSA) is 72.5 Å². The smallest absolute Gasteiger partial charge is 0.148 e. The van der Waals surface area contributed by atoms with E-state index in [0.717, 1.165) is 16.8 Å². The van der Waals surface area contributed by atoms with Crippen LogP contribution in [0.2, 0.25) is 0 Å². The Morgan fingerprint density at radius 1 is 1.05 bits per heavy atom. The van der Waals surface area contributed by atoms with Crippen molar-refractivity contribution in [2.45, 2.75) is 13.8 Å². The Morgan fingerprint density at radius 2 is 1.84 bits per heavy atom. The Kier molecular flexibility index (Phi) is 3.45. The van der Waals surface area contributed by atoms with E-state index in [-0.39, 0.29) is 0 Å². The number of aromatic nitrogens is 1. The van der Waals surface area contributed by atoms with Gasteiger partial charge in [0.2, 0.25) is 0 Å². The molecule has 1 heterocycles. The zero-order valence-corrected chi connectivity index (χ0v) is 10.7. The molecule has 2 aromatic rings. The van der Waals surface area contributed by atoms with Crippen molar-refractivity contribution in [3.63, 3.8) is 0 Å². The van der Waals surface area contributed by atoms with Gasteiger partial charge in [0, 0.05) is 11.9 Å². The second-order valence-corrected chi connectivity index (χ2v) is 4.23. The normalized spacial score (nSPS) is 9.47. The van der Waals surface area contributed by atoms with Gasteiger partial charge in [0.15, 0.2) is 0 Å². The van der Waals surface area contributed by atoms with Gasteiger partial charge in [0.25, 0.3) is 0 Å². The van der Waals surface area contributed by atoms with E-state index < -0.39 is 0 Å². The summed E-state index contributed by atoms with van der Waals surface area (Å²) < 4.78 is 0. The van der Waals surface area contributed by atoms with Crippen LogP contribution >= 0.6 is 0 Å². The van der Waals surface area contributed by atoms with Gasteiger partial charge in [-0.2, -0.15) is 10.5 Å². The first-order chi connectivity index (χ1) is 9.15. The van der Waals surface area contributed by atoms with Crippen LogP contribution in [-0.2, 0) is 0 Å². The number of aryl methyl sites for hydroxylation is 2. The first-order valence-electron chi connectivity index (χ1n) is 5.79. The van der Waals surface area contributed by atoms with Crippen LogP contribution in [0.5, 0.6) is 0 Å². The molecule has 4 nitrogen and oxygen atoms in total. The molecule has 0 saturated heterocycles. The number of pyridine rings is 1. The molecule has 4 heteroatoms. The van der Waals surface area contributed by atoms with E-state index in [9.17, 15) is 0 Å². The molecule has 0 bridgehead atoms. The standard InChI is InChI=1S/C15H12N4/c1-10-5-6-18-15(13(10)9-17)19-14-7-12(8-16)4-3-11(14)2/h3-7H,1-2H3,(H,18,19). The number of rotatable bonds is 2. The maximum atomic E-state index is 9.16. The summed E-state index contributed by atoms with van der Waals surface area (Å²) in [6.45, 7) is 3.80. The van der Waals surface area contributed by atoms with Crippen molar-refractivity contribution >= 4 is 11.5 Å². The van der Waals surface area contributed by atoms with Gasteiger partial charge in [-0.05, 0) is 43.2 Å². The average molecular weight is 248 g/mol. The highest BCUT2D eigenvalue weighted by molar-refractivity contribution is 5.67. The molecule has 0 aliphatic carbocycles. The Bertz CT molecular complexity index is 705. The minimum Gasteiger partial charge on any atom is -0.339 e. The van der Waals surface area contributed by atoms with E-state index in [1.807, 2.05) is 19.9 Å². The average Bonchev–Trinajstić information content (AvgIpc) is 2.41. The summed E-state index contributed by atoms with van der Waals surface area (Å²) in [5, 5.41) is 21.2. The molecule has 0 atom stereocenters. The third kappa shape index (κ3) is 2.53. The van der Waals surface area contributed by atoms with Gasteiger partial charge in [-0.25, -0.2) is 4.98 Å². The zero-order valence-electron chi connectivity index (χ0n) is 10.7. The lowest BCUT2D eigenvalue weighted by Crippen LogP contribution is -2.00. The van der Waals surface area contributed by atoms with Crippen molar-refractivity contribution in [1.82, 2.24) is 4.98 Å². The molecule has 0 aliphatic rings. The van der Waals surface area contributed by atoms with Crippen molar-refractivity contribution < 1.29 is 0 Å². The Labute approximate surface area is 112 Å². The molecule has 0 spiro atoms. The molecule has 19 heavy (non-hydrogen) atoms. The number of benzene rings is 1. The molecule has 0 radical (unpaired) electrons. The maximum absolute atomic E-state index is 9.16. The Morgan fingerprint density at radius 3 is 2.53 bits per heavy atom. The summed E-state index contributed by atoms with van der Waals surface area (Å²) in [5.41, 5.74) is 3.73. The number of nitrogens with one attached hydrogen (secondary N) is 1. The van der Waals surface area contributed by atoms with Crippen molar-refractivity contribution in [2.75, 3.05) is 5.32 Å². The molecule has 2 rings (SSSR count). The lowest BCUT2D eigenvalue weighted by molar-refractivity contribution is 1.24. The fraction of sp³-hybridized carbons (Fsp3) is 0.133. The van der Waals surface area contributed by atoms with Gasteiger partial charge < -0.3 is 5.32 Å². The SMILES string of the molecule is Cc1ccc(C#N)cc1Nc1nccc(C)c1C#N. The number of hydrogen-bond donors (Lipinski definition) is 1. The van der Waals surface area contributed by atoms with Crippen LogP contribution in [0, 0.1) is 36.5 Å². The van der Waals surface area contributed by atoms with Gasteiger partial charge in [-0.15, -0.1) is 0 Å². The summed E-state index contributed by atoms with van der Waals surface area (Å²) in [4.78, 5) is 4.19. The minimum atomic E-state index is 0.515. The highest BCUT2D eigenvalue weighted by Gasteiger charge is 2.08. The van der Waals surface area contributed by atoms with Gasteiger partial charge in [0.1, 0.15) is 11.9 Å². The molecule has 1 N–H and O–H groups in total. The largest absolute Gasteiger partial charge is 0.339 e. The number of anilines is 2. The lowest BCUT2D eigenvalue weighted by atomic mass is 10.1. The van der Waals surface area contributed by atoms with Crippen LogP contribution < -0.4 is 5.32 Å². The molecule has 1 aromatic heterocycles. The summed E-state index contributed by atoms with van der Waals surface area (Å²) in [6, 6.07) is 11.4. The summed E-state index contributed by atoms with van der Waals surface area (Å²) in [5.74, 6) is 0.515. The van der Waals surface area contributed by atoms with Crippen LogP contribution in [0.15, 0.2) is 30.5 Å². The van der Waals surface area contributed by atoms with E-state index in [1.54, 1.807) is 24.4 Å². The molecule has 0 fully saturated rings. The highest BCUT2D eigenvalue weighted by Crippen LogP contribution is 2.24. The second-order valence-electron chi connectivity index (χ2n) is 4.23.